The third-order valence-electron chi connectivity index (χ3n) is 4.03. The van der Waals surface area contributed by atoms with Crippen molar-refractivity contribution in [1.29, 1.82) is 0 Å². The molecule has 1 fully saturated rings. The Kier molecular flexibility index (Phi) is 5.95. The molecule has 2 rings (SSSR count). The van der Waals surface area contributed by atoms with Crippen molar-refractivity contribution in [3.05, 3.63) is 35.9 Å². The number of carboxylic acid groups (broad SMARTS) is 1. The molecule has 0 spiro atoms. The molecule has 1 heterocycles. The van der Waals surface area contributed by atoms with Gasteiger partial charge in [0.25, 0.3) is 0 Å². The molecule has 5 nitrogen and oxygen atoms in total. The van der Waals surface area contributed by atoms with Crippen LogP contribution >= 0.6 is 0 Å². The highest BCUT2D eigenvalue weighted by atomic mass is 16.5. The fourth-order valence-electron chi connectivity index (χ4n) is 2.87. The molecule has 2 atom stereocenters. The Morgan fingerprint density at radius 2 is 2.05 bits per heavy atom. The lowest BCUT2D eigenvalue weighted by Crippen LogP contribution is -2.39. The van der Waals surface area contributed by atoms with E-state index < -0.39 is 5.97 Å². The van der Waals surface area contributed by atoms with Crippen LogP contribution in [0.25, 0.3) is 0 Å². The second-order valence-corrected chi connectivity index (χ2v) is 5.71. The fraction of sp³-hybridized carbons (Fsp3) is 0.529. The maximum atomic E-state index is 12.7. The van der Waals surface area contributed by atoms with Gasteiger partial charge >= 0.3 is 5.97 Å². The minimum absolute atomic E-state index is 0.0407. The second-order valence-electron chi connectivity index (χ2n) is 5.71. The zero-order chi connectivity index (χ0) is 15.9. The minimum atomic E-state index is -0.830. The summed E-state index contributed by atoms with van der Waals surface area (Å²) in [6.07, 6.45) is 2.04. The van der Waals surface area contributed by atoms with Crippen LogP contribution in [0.5, 0.6) is 0 Å². The molecule has 5 heteroatoms. The van der Waals surface area contributed by atoms with Crippen LogP contribution in [-0.2, 0) is 14.3 Å². The van der Waals surface area contributed by atoms with Crippen LogP contribution in [0.15, 0.2) is 30.3 Å². The first kappa shape index (κ1) is 16.5. The van der Waals surface area contributed by atoms with Gasteiger partial charge in [-0.15, -0.1) is 0 Å². The summed E-state index contributed by atoms with van der Waals surface area (Å²) in [6, 6.07) is 9.82. The monoisotopic (exact) mass is 305 g/mol. The van der Waals surface area contributed by atoms with E-state index in [1.54, 1.807) is 11.9 Å². The number of rotatable bonds is 6. The molecular weight excluding hydrogens is 282 g/mol. The van der Waals surface area contributed by atoms with E-state index >= 15 is 0 Å². The third-order valence-corrected chi connectivity index (χ3v) is 4.03. The van der Waals surface area contributed by atoms with Gasteiger partial charge < -0.3 is 14.7 Å². The van der Waals surface area contributed by atoms with E-state index in [0.717, 1.165) is 18.4 Å². The van der Waals surface area contributed by atoms with Gasteiger partial charge in [0.1, 0.15) is 0 Å². The normalized spacial score (nSPS) is 21.3. The molecule has 2 unspecified atom stereocenters. The molecule has 1 aromatic rings. The van der Waals surface area contributed by atoms with E-state index in [9.17, 15) is 9.59 Å². The lowest BCUT2D eigenvalue weighted by atomic mass is 9.88. The van der Waals surface area contributed by atoms with E-state index in [1.807, 2.05) is 30.3 Å². The molecule has 1 aromatic carbocycles. The minimum Gasteiger partial charge on any atom is -0.481 e. The molecule has 1 N–H and O–H groups in total. The van der Waals surface area contributed by atoms with E-state index in [1.165, 1.54) is 0 Å². The Bertz CT molecular complexity index is 503. The first-order valence-electron chi connectivity index (χ1n) is 7.73. The van der Waals surface area contributed by atoms with Crippen LogP contribution in [0, 0.1) is 5.92 Å². The molecule has 1 aliphatic heterocycles. The number of ether oxygens (including phenoxy) is 1. The van der Waals surface area contributed by atoms with E-state index in [2.05, 4.69) is 0 Å². The maximum Gasteiger partial charge on any atom is 0.303 e. The Morgan fingerprint density at radius 1 is 1.32 bits per heavy atom. The van der Waals surface area contributed by atoms with Crippen molar-refractivity contribution in [2.24, 2.45) is 5.92 Å². The highest BCUT2D eigenvalue weighted by Gasteiger charge is 2.34. The van der Waals surface area contributed by atoms with Crippen molar-refractivity contribution < 1.29 is 19.4 Å². The third kappa shape index (κ3) is 4.31. The molecule has 1 aliphatic rings. The summed E-state index contributed by atoms with van der Waals surface area (Å²) in [6.45, 7) is 1.13. The fourth-order valence-corrected chi connectivity index (χ4v) is 2.87. The Balaban J connectivity index is 2.00. The van der Waals surface area contributed by atoms with Gasteiger partial charge in [0, 0.05) is 26.6 Å². The largest absolute Gasteiger partial charge is 0.481 e. The summed E-state index contributed by atoms with van der Waals surface area (Å²) in [5.41, 5.74) is 1.03. The van der Waals surface area contributed by atoms with Gasteiger partial charge in [-0.2, -0.15) is 0 Å². The zero-order valence-electron chi connectivity index (χ0n) is 12.9. The van der Waals surface area contributed by atoms with Crippen molar-refractivity contribution in [1.82, 2.24) is 4.90 Å². The first-order chi connectivity index (χ1) is 10.6. The van der Waals surface area contributed by atoms with Crippen LogP contribution in [0.1, 0.15) is 37.4 Å². The van der Waals surface area contributed by atoms with Gasteiger partial charge in [0.05, 0.1) is 12.0 Å². The van der Waals surface area contributed by atoms with Crippen LogP contribution in [0.2, 0.25) is 0 Å². The van der Waals surface area contributed by atoms with Gasteiger partial charge in [-0.1, -0.05) is 30.3 Å². The maximum absolute atomic E-state index is 12.7. The van der Waals surface area contributed by atoms with Crippen LogP contribution in [-0.4, -0.2) is 42.1 Å². The van der Waals surface area contributed by atoms with Gasteiger partial charge in [-0.25, -0.2) is 0 Å². The van der Waals surface area contributed by atoms with Crippen molar-refractivity contribution >= 4 is 11.9 Å². The number of carbonyl (C=O) groups excluding carboxylic acids is 1. The van der Waals surface area contributed by atoms with Crippen LogP contribution in [0.3, 0.4) is 0 Å². The predicted octanol–water partition coefficient (Wildman–Crippen LogP) is 2.48. The molecule has 1 amide bonds. The number of hydrogen-bond donors (Lipinski definition) is 1. The molecule has 0 bridgehead atoms. The van der Waals surface area contributed by atoms with E-state index in [0.29, 0.717) is 19.6 Å². The number of nitrogens with zero attached hydrogens (tertiary/aromatic N) is 1. The Labute approximate surface area is 130 Å². The van der Waals surface area contributed by atoms with Crippen molar-refractivity contribution in [3.63, 3.8) is 0 Å². The van der Waals surface area contributed by atoms with Gasteiger partial charge in [0.15, 0.2) is 0 Å². The summed E-state index contributed by atoms with van der Waals surface area (Å²) in [5, 5.41) is 8.68. The SMILES string of the molecule is CN(CCCC(=O)O)C(=O)C1CCCOC1c1ccccc1. The summed E-state index contributed by atoms with van der Waals surface area (Å²) in [7, 11) is 1.74. The Hall–Kier alpha value is -1.88. The number of carbonyl (C=O) groups is 2. The number of hydrogen-bond acceptors (Lipinski definition) is 3. The highest BCUT2D eigenvalue weighted by molar-refractivity contribution is 5.79. The zero-order valence-corrected chi connectivity index (χ0v) is 12.9. The topological polar surface area (TPSA) is 66.8 Å². The summed E-state index contributed by atoms with van der Waals surface area (Å²) in [4.78, 5) is 24.9. The van der Waals surface area contributed by atoms with Crippen molar-refractivity contribution in [2.75, 3.05) is 20.2 Å². The number of aliphatic carboxylic acids is 1. The molecule has 0 saturated carbocycles. The molecule has 120 valence electrons. The van der Waals surface area contributed by atoms with Crippen LogP contribution in [0.4, 0.5) is 0 Å². The number of amides is 1. The van der Waals surface area contributed by atoms with E-state index in [4.69, 9.17) is 9.84 Å². The molecule has 0 aromatic heterocycles. The quantitative estimate of drug-likeness (QED) is 0.877. The average Bonchev–Trinajstić information content (AvgIpc) is 2.54. The lowest BCUT2D eigenvalue weighted by Gasteiger charge is -2.33. The molecular formula is C17H23NO4. The summed E-state index contributed by atoms with van der Waals surface area (Å²) < 4.78 is 5.85. The van der Waals surface area contributed by atoms with Gasteiger partial charge in [0.2, 0.25) is 5.91 Å². The lowest BCUT2D eigenvalue weighted by molar-refractivity contribution is -0.145. The molecule has 0 aliphatic carbocycles. The molecule has 0 radical (unpaired) electrons. The molecule has 22 heavy (non-hydrogen) atoms. The highest BCUT2D eigenvalue weighted by Crippen LogP contribution is 2.34. The Morgan fingerprint density at radius 3 is 2.73 bits per heavy atom. The first-order valence-corrected chi connectivity index (χ1v) is 7.73. The van der Waals surface area contributed by atoms with Crippen LogP contribution < -0.4 is 0 Å². The predicted molar refractivity (Wildman–Crippen MR) is 82.4 cm³/mol. The van der Waals surface area contributed by atoms with Crippen molar-refractivity contribution in [2.45, 2.75) is 31.8 Å². The second kappa shape index (κ2) is 7.94. The number of carboxylic acids is 1. The average molecular weight is 305 g/mol. The standard InChI is InChI=1S/C17H23NO4/c1-18(11-5-10-15(19)20)17(21)14-9-6-12-22-16(14)13-7-3-2-4-8-13/h2-4,7-8,14,16H,5-6,9-12H2,1H3,(H,19,20). The number of benzene rings is 1. The molecule has 1 saturated heterocycles. The van der Waals surface area contributed by atoms with E-state index in [-0.39, 0.29) is 24.3 Å². The smallest absolute Gasteiger partial charge is 0.303 e. The van der Waals surface area contributed by atoms with Crippen molar-refractivity contribution in [3.8, 4) is 0 Å². The summed E-state index contributed by atoms with van der Waals surface area (Å²) >= 11 is 0. The summed E-state index contributed by atoms with van der Waals surface area (Å²) in [5.74, 6) is -0.978. The van der Waals surface area contributed by atoms with Gasteiger partial charge in [-0.05, 0) is 24.8 Å². The van der Waals surface area contributed by atoms with Gasteiger partial charge in [-0.3, -0.25) is 9.59 Å².